The van der Waals surface area contributed by atoms with Gasteiger partial charge in [-0.05, 0) is 0 Å². The monoisotopic (exact) mass is 236 g/mol. The molecule has 0 saturated heterocycles. The van der Waals surface area contributed by atoms with E-state index >= 15 is 0 Å². The largest absolute Gasteiger partial charge is 0.540 e. The number of hydrogen-bond donors (Lipinski definition) is 4. The summed E-state index contributed by atoms with van der Waals surface area (Å²) in [5.41, 5.74) is 0. The summed E-state index contributed by atoms with van der Waals surface area (Å²) in [6.45, 7) is 0. The van der Waals surface area contributed by atoms with Crippen LogP contribution in [0.3, 0.4) is 0 Å². The summed E-state index contributed by atoms with van der Waals surface area (Å²) in [6.07, 6.45) is 0. The fourth-order valence-corrected chi connectivity index (χ4v) is 3.25. The van der Waals surface area contributed by atoms with Crippen molar-refractivity contribution in [3.63, 3.8) is 0 Å². The molecule has 0 heterocycles. The van der Waals surface area contributed by atoms with Gasteiger partial charge in [-0.3, -0.25) is 4.21 Å². The van der Waals surface area contributed by atoms with Gasteiger partial charge < -0.3 is 19.4 Å². The Bertz CT molecular complexity index is 347. The lowest BCUT2D eigenvalue weighted by Gasteiger charge is -2.17. The molecule has 14 heavy (non-hydrogen) atoms. The van der Waals surface area contributed by atoms with E-state index < -0.39 is 16.6 Å². The van der Waals surface area contributed by atoms with Gasteiger partial charge in [0.15, 0.2) is 0 Å². The van der Waals surface area contributed by atoms with Crippen LogP contribution in [0.2, 0.25) is 0 Å². The number of rotatable bonds is 3. The fraction of sp³-hybridized carbons (Fsp3) is 0. The SMILES string of the molecule is O=P(O)(O)O[Si](O)(O)c1ccccc1. The highest BCUT2D eigenvalue weighted by atomic mass is 31.2. The van der Waals surface area contributed by atoms with Crippen molar-refractivity contribution in [2.75, 3.05) is 0 Å². The Hall–Kier alpha value is -0.533. The van der Waals surface area contributed by atoms with Gasteiger partial charge in [0.1, 0.15) is 0 Å². The molecule has 8 heteroatoms. The molecule has 1 aromatic rings. The summed E-state index contributed by atoms with van der Waals surface area (Å²) in [4.78, 5) is 35.4. The lowest BCUT2D eigenvalue weighted by atomic mass is 10.4. The first-order valence-electron chi connectivity index (χ1n) is 3.58. The Labute approximate surface area is 81.0 Å². The van der Waals surface area contributed by atoms with Crippen LogP contribution in [0.5, 0.6) is 0 Å². The predicted octanol–water partition coefficient (Wildman–Crippen LogP) is -1.07. The molecule has 1 rings (SSSR count). The summed E-state index contributed by atoms with van der Waals surface area (Å²) in [7, 11) is -9.37. The van der Waals surface area contributed by atoms with Crippen LogP contribution in [0.4, 0.5) is 0 Å². The van der Waals surface area contributed by atoms with Crippen molar-refractivity contribution in [3.8, 4) is 0 Å². The molecule has 0 aliphatic carbocycles. The van der Waals surface area contributed by atoms with Gasteiger partial charge in [0.2, 0.25) is 0 Å². The van der Waals surface area contributed by atoms with Crippen LogP contribution in [0.25, 0.3) is 0 Å². The van der Waals surface area contributed by atoms with Crippen molar-refractivity contribution in [2.45, 2.75) is 0 Å². The van der Waals surface area contributed by atoms with Crippen molar-refractivity contribution in [1.82, 2.24) is 0 Å². The van der Waals surface area contributed by atoms with Crippen molar-refractivity contribution in [2.24, 2.45) is 0 Å². The Morgan fingerprint density at radius 1 is 1.14 bits per heavy atom. The van der Waals surface area contributed by atoms with Crippen LogP contribution in [0.15, 0.2) is 30.3 Å². The zero-order valence-corrected chi connectivity index (χ0v) is 8.83. The highest BCUT2D eigenvalue weighted by molar-refractivity contribution is 7.48. The second-order valence-electron chi connectivity index (χ2n) is 2.56. The lowest BCUT2D eigenvalue weighted by Crippen LogP contribution is -2.50. The van der Waals surface area contributed by atoms with Gasteiger partial charge in [-0.2, -0.15) is 0 Å². The van der Waals surface area contributed by atoms with Gasteiger partial charge >= 0.3 is 16.6 Å². The van der Waals surface area contributed by atoms with Crippen molar-refractivity contribution >= 4 is 21.8 Å². The summed E-state index contributed by atoms with van der Waals surface area (Å²) in [6, 6.07) is 7.29. The van der Waals surface area contributed by atoms with Gasteiger partial charge in [0.05, 0.1) is 0 Å². The first kappa shape index (κ1) is 11.5. The maximum atomic E-state index is 10.4. The molecule has 1 aromatic carbocycles. The van der Waals surface area contributed by atoms with E-state index in [1.54, 1.807) is 6.07 Å². The van der Waals surface area contributed by atoms with Crippen molar-refractivity contribution in [1.29, 1.82) is 0 Å². The molecule has 0 amide bonds. The van der Waals surface area contributed by atoms with Crippen molar-refractivity contribution in [3.05, 3.63) is 30.3 Å². The first-order chi connectivity index (χ1) is 6.31. The third kappa shape index (κ3) is 3.32. The van der Waals surface area contributed by atoms with Gasteiger partial charge in [0, 0.05) is 5.19 Å². The number of phosphoric acid groups is 1. The summed E-state index contributed by atoms with van der Waals surface area (Å²) < 4.78 is 14.3. The molecule has 0 spiro atoms. The molecule has 0 unspecified atom stereocenters. The van der Waals surface area contributed by atoms with Gasteiger partial charge in [-0.25, -0.2) is 4.57 Å². The summed E-state index contributed by atoms with van der Waals surface area (Å²) in [5.74, 6) is 0. The quantitative estimate of drug-likeness (QED) is 0.393. The molecule has 0 aromatic heterocycles. The second-order valence-corrected chi connectivity index (χ2v) is 6.06. The number of hydrogen-bond acceptors (Lipinski definition) is 4. The second kappa shape index (κ2) is 3.91. The Balaban J connectivity index is 2.92. The van der Waals surface area contributed by atoms with Crippen LogP contribution in [0.1, 0.15) is 0 Å². The number of benzene rings is 1. The molecule has 0 bridgehead atoms. The molecule has 0 atom stereocenters. The van der Waals surface area contributed by atoms with E-state index in [1.165, 1.54) is 24.3 Å². The van der Waals surface area contributed by atoms with Crippen LogP contribution >= 0.6 is 7.82 Å². The average Bonchev–Trinajstić information content (AvgIpc) is 2.01. The van der Waals surface area contributed by atoms with E-state index in [4.69, 9.17) is 9.79 Å². The van der Waals surface area contributed by atoms with E-state index in [0.29, 0.717) is 0 Å². The maximum Gasteiger partial charge on any atom is 0.540 e. The Kier molecular flexibility index (Phi) is 3.23. The summed E-state index contributed by atoms with van der Waals surface area (Å²) >= 11 is 0. The van der Waals surface area contributed by atoms with Crippen LogP contribution in [0, 0.1) is 0 Å². The van der Waals surface area contributed by atoms with E-state index in [0.717, 1.165) is 0 Å². The molecular formula is C6H9O6PSi. The molecule has 0 aliphatic heterocycles. The van der Waals surface area contributed by atoms with E-state index in [2.05, 4.69) is 4.21 Å². The molecule has 6 nitrogen and oxygen atoms in total. The van der Waals surface area contributed by atoms with Crippen LogP contribution < -0.4 is 5.19 Å². The van der Waals surface area contributed by atoms with Gasteiger partial charge in [0.25, 0.3) is 0 Å². The zero-order valence-electron chi connectivity index (χ0n) is 6.94. The predicted molar refractivity (Wildman–Crippen MR) is 49.4 cm³/mol. The lowest BCUT2D eigenvalue weighted by molar-refractivity contribution is 0.203. The van der Waals surface area contributed by atoms with Crippen molar-refractivity contribution < 1.29 is 28.2 Å². The maximum absolute atomic E-state index is 10.4. The molecule has 0 saturated carbocycles. The third-order valence-electron chi connectivity index (χ3n) is 1.40. The third-order valence-corrected chi connectivity index (χ3v) is 4.45. The Morgan fingerprint density at radius 3 is 2.07 bits per heavy atom. The zero-order chi connectivity index (χ0) is 10.8. The Morgan fingerprint density at radius 2 is 1.64 bits per heavy atom. The van der Waals surface area contributed by atoms with E-state index in [9.17, 15) is 14.2 Å². The minimum Gasteiger partial charge on any atom is -0.386 e. The molecule has 0 radical (unpaired) electrons. The average molecular weight is 236 g/mol. The van der Waals surface area contributed by atoms with Crippen LogP contribution in [-0.2, 0) is 8.78 Å². The molecule has 0 fully saturated rings. The molecule has 78 valence electrons. The van der Waals surface area contributed by atoms with E-state index in [-0.39, 0.29) is 5.19 Å². The highest BCUT2D eigenvalue weighted by Crippen LogP contribution is 2.38. The topological polar surface area (TPSA) is 107 Å². The smallest absolute Gasteiger partial charge is 0.386 e. The summed E-state index contributed by atoms with van der Waals surface area (Å²) in [5, 5.41) is -0.0247. The molecular weight excluding hydrogens is 227 g/mol. The fourth-order valence-electron chi connectivity index (χ4n) is 0.874. The first-order valence-corrected chi connectivity index (χ1v) is 6.91. The highest BCUT2D eigenvalue weighted by Gasteiger charge is 2.42. The minimum absolute atomic E-state index is 0.0247. The standard InChI is InChI=1S/C6H9O6PSi/c7-13(8,9)12-14(10,11)6-4-2-1-3-5-6/h1-5,10-11H,(H2,7,8,9). The minimum atomic E-state index is -4.89. The normalized spacial score (nSPS) is 12.9. The van der Waals surface area contributed by atoms with E-state index in [1.807, 2.05) is 0 Å². The molecule has 0 aliphatic rings. The van der Waals surface area contributed by atoms with Gasteiger partial charge in [-0.15, -0.1) is 0 Å². The molecule has 4 N–H and O–H groups in total. The van der Waals surface area contributed by atoms with Gasteiger partial charge in [-0.1, -0.05) is 30.3 Å². The van der Waals surface area contributed by atoms with Crippen LogP contribution in [-0.4, -0.2) is 28.2 Å².